The van der Waals surface area contributed by atoms with E-state index in [2.05, 4.69) is 264 Å². The molecule has 0 aliphatic carbocycles. The Labute approximate surface area is 422 Å². The minimum Gasteiger partial charge on any atom is -0.457 e. The molecule has 0 spiro atoms. The standard InChI is InChI=1S/C64H51BN6O/c1-64(2,3)45-35-37-46(38-36-45)67-44-68(59-33-15-14-32-58(59)67)49-24-18-26-52(40-49)72-53-27-19-25-50(41-53)69(62-34-16-17-39-66-62)51-42-60-63-61(43-51)71(48-22-8-5-9-23-48)57-31-13-11-29-55(57)65(63)54-28-10-12-30-56(54)70(60)47-20-6-4-7-21-47/h4-43H,44H2,1-3H3. The first-order chi connectivity index (χ1) is 35.4. The molecule has 3 aliphatic heterocycles. The van der Waals surface area contributed by atoms with E-state index >= 15 is 0 Å². The molecule has 3 aliphatic rings. The van der Waals surface area contributed by atoms with E-state index in [0.29, 0.717) is 12.4 Å². The molecule has 0 atom stereocenters. The third kappa shape index (κ3) is 7.42. The van der Waals surface area contributed by atoms with Crippen LogP contribution in [-0.2, 0) is 5.41 Å². The van der Waals surface area contributed by atoms with Gasteiger partial charge in [-0.05, 0) is 137 Å². The second-order valence-corrected chi connectivity index (χ2v) is 19.7. The summed E-state index contributed by atoms with van der Waals surface area (Å²) in [6, 6.07) is 84.5. The quantitative estimate of drug-likeness (QED) is 0.134. The number of benzene rings is 9. The lowest BCUT2D eigenvalue weighted by Crippen LogP contribution is -2.61. The van der Waals surface area contributed by atoms with Crippen LogP contribution in [0.2, 0.25) is 0 Å². The number of para-hydroxylation sites is 6. The molecule has 13 rings (SSSR count). The number of aromatic nitrogens is 1. The van der Waals surface area contributed by atoms with Crippen molar-refractivity contribution in [3.8, 4) is 11.5 Å². The molecule has 0 radical (unpaired) electrons. The van der Waals surface area contributed by atoms with Crippen LogP contribution >= 0.6 is 0 Å². The van der Waals surface area contributed by atoms with Crippen LogP contribution in [0.4, 0.5) is 74.1 Å². The maximum Gasteiger partial charge on any atom is 0.252 e. The molecule has 4 heterocycles. The molecule has 0 fully saturated rings. The topological polar surface area (TPSA) is 38.3 Å². The average molecular weight is 931 g/mol. The van der Waals surface area contributed by atoms with Gasteiger partial charge in [0.1, 0.15) is 24.0 Å². The van der Waals surface area contributed by atoms with Crippen LogP contribution in [-0.4, -0.2) is 18.4 Å². The van der Waals surface area contributed by atoms with E-state index < -0.39 is 0 Å². The zero-order valence-corrected chi connectivity index (χ0v) is 40.5. The van der Waals surface area contributed by atoms with Gasteiger partial charge in [0.25, 0.3) is 6.71 Å². The number of ether oxygens (including phenoxy) is 1. The van der Waals surface area contributed by atoms with E-state index in [-0.39, 0.29) is 12.1 Å². The highest BCUT2D eigenvalue weighted by Crippen LogP contribution is 2.49. The smallest absolute Gasteiger partial charge is 0.252 e. The van der Waals surface area contributed by atoms with Gasteiger partial charge < -0.3 is 24.3 Å². The Bertz CT molecular complexity index is 3510. The summed E-state index contributed by atoms with van der Waals surface area (Å²) in [5.41, 5.74) is 18.4. The molecule has 0 N–H and O–H groups in total. The SMILES string of the molecule is CC(C)(C)c1ccc(N2CN(c3cccc(Oc4cccc(N(c5cc6c7c(c5)N(c5ccccc5)c5ccccc5B7c5ccccc5N6c5ccccc5)c5ccccn5)c4)c3)c3ccccc32)cc1. The van der Waals surface area contributed by atoms with E-state index in [4.69, 9.17) is 9.72 Å². The molecule has 346 valence electrons. The van der Waals surface area contributed by atoms with Gasteiger partial charge >= 0.3 is 0 Å². The number of hydrogen-bond donors (Lipinski definition) is 0. The summed E-state index contributed by atoms with van der Waals surface area (Å²) >= 11 is 0. The van der Waals surface area contributed by atoms with E-state index in [1.54, 1.807) is 0 Å². The second-order valence-electron chi connectivity index (χ2n) is 19.7. The summed E-state index contributed by atoms with van der Waals surface area (Å²) in [6.45, 7) is 7.45. The van der Waals surface area contributed by atoms with Crippen molar-refractivity contribution < 1.29 is 4.74 Å². The summed E-state index contributed by atoms with van der Waals surface area (Å²) in [5.74, 6) is 2.25. The third-order valence-electron chi connectivity index (χ3n) is 14.3. The summed E-state index contributed by atoms with van der Waals surface area (Å²) in [5, 5.41) is 0. The molecule has 8 heteroatoms. The summed E-state index contributed by atoms with van der Waals surface area (Å²) in [7, 11) is 0. The van der Waals surface area contributed by atoms with Crippen molar-refractivity contribution in [2.75, 3.05) is 31.2 Å². The minimum absolute atomic E-state index is 0.00394. The second kappa shape index (κ2) is 17.4. The summed E-state index contributed by atoms with van der Waals surface area (Å²) < 4.78 is 6.87. The van der Waals surface area contributed by atoms with Gasteiger partial charge in [-0.2, -0.15) is 0 Å². The van der Waals surface area contributed by atoms with Gasteiger partial charge in [-0.1, -0.05) is 136 Å². The van der Waals surface area contributed by atoms with Gasteiger partial charge in [0.05, 0.1) is 22.7 Å². The first kappa shape index (κ1) is 43.0. The van der Waals surface area contributed by atoms with Crippen molar-refractivity contribution in [2.24, 2.45) is 0 Å². The van der Waals surface area contributed by atoms with Gasteiger partial charge in [-0.15, -0.1) is 0 Å². The highest BCUT2D eigenvalue weighted by Gasteiger charge is 2.44. The lowest BCUT2D eigenvalue weighted by Gasteiger charge is -2.44. The highest BCUT2D eigenvalue weighted by molar-refractivity contribution is 7.00. The molecule has 0 saturated carbocycles. The van der Waals surface area contributed by atoms with Gasteiger partial charge in [0.2, 0.25) is 0 Å². The number of fused-ring (bicyclic) bond motifs is 5. The van der Waals surface area contributed by atoms with Gasteiger partial charge in [0, 0.05) is 63.8 Å². The van der Waals surface area contributed by atoms with E-state index in [1.165, 1.54) is 27.6 Å². The predicted octanol–water partition coefficient (Wildman–Crippen LogP) is 15.0. The van der Waals surface area contributed by atoms with Crippen molar-refractivity contribution in [2.45, 2.75) is 26.2 Å². The number of rotatable bonds is 9. The van der Waals surface area contributed by atoms with E-state index in [1.807, 2.05) is 24.4 Å². The van der Waals surface area contributed by atoms with Gasteiger partial charge in [-0.3, -0.25) is 4.90 Å². The Balaban J connectivity index is 0.918. The summed E-state index contributed by atoms with van der Waals surface area (Å²) in [6.07, 6.45) is 1.87. The van der Waals surface area contributed by atoms with Gasteiger partial charge in [0.15, 0.2) is 0 Å². The third-order valence-corrected chi connectivity index (χ3v) is 14.3. The first-order valence-corrected chi connectivity index (χ1v) is 24.8. The molecule has 0 unspecified atom stereocenters. The Hall–Kier alpha value is -9.01. The van der Waals surface area contributed by atoms with Gasteiger partial charge in [-0.25, -0.2) is 4.98 Å². The van der Waals surface area contributed by atoms with Crippen molar-refractivity contribution in [1.29, 1.82) is 0 Å². The Kier molecular flexibility index (Phi) is 10.4. The molecular formula is C64H51BN6O. The number of nitrogens with zero attached hydrogens (tertiary/aromatic N) is 6. The Morgan fingerprint density at radius 2 is 0.944 bits per heavy atom. The zero-order valence-electron chi connectivity index (χ0n) is 40.5. The largest absolute Gasteiger partial charge is 0.457 e. The maximum atomic E-state index is 6.87. The highest BCUT2D eigenvalue weighted by atomic mass is 16.5. The monoisotopic (exact) mass is 930 g/mol. The zero-order chi connectivity index (χ0) is 48.3. The fraction of sp³-hybridized carbons (Fsp3) is 0.0781. The fourth-order valence-electron chi connectivity index (χ4n) is 11.0. The molecule has 0 amide bonds. The van der Waals surface area contributed by atoms with Crippen LogP contribution in [0.1, 0.15) is 26.3 Å². The van der Waals surface area contributed by atoms with Crippen LogP contribution in [0.15, 0.2) is 243 Å². The molecule has 1 aromatic heterocycles. The lowest BCUT2D eigenvalue weighted by atomic mass is 9.33. The Morgan fingerprint density at radius 1 is 0.431 bits per heavy atom. The number of hydrogen-bond acceptors (Lipinski definition) is 7. The van der Waals surface area contributed by atoms with Crippen LogP contribution in [0.5, 0.6) is 11.5 Å². The normalized spacial score (nSPS) is 13.3. The van der Waals surface area contributed by atoms with Crippen molar-refractivity contribution >= 4 is 97.2 Å². The van der Waals surface area contributed by atoms with Crippen LogP contribution in [0, 0.1) is 0 Å². The molecule has 9 aromatic carbocycles. The lowest BCUT2D eigenvalue weighted by molar-refractivity contribution is 0.483. The first-order valence-electron chi connectivity index (χ1n) is 24.8. The van der Waals surface area contributed by atoms with Crippen molar-refractivity contribution in [3.05, 3.63) is 248 Å². The van der Waals surface area contributed by atoms with Crippen molar-refractivity contribution in [1.82, 2.24) is 4.98 Å². The molecule has 0 bridgehead atoms. The van der Waals surface area contributed by atoms with Crippen molar-refractivity contribution in [3.63, 3.8) is 0 Å². The van der Waals surface area contributed by atoms with Crippen LogP contribution in [0.3, 0.4) is 0 Å². The maximum absolute atomic E-state index is 6.87. The fourth-order valence-corrected chi connectivity index (χ4v) is 11.0. The summed E-state index contributed by atoms with van der Waals surface area (Å²) in [4.78, 5) is 16.9. The van der Waals surface area contributed by atoms with E-state index in [9.17, 15) is 0 Å². The molecule has 7 nitrogen and oxygen atoms in total. The number of anilines is 13. The van der Waals surface area contributed by atoms with Crippen LogP contribution in [0.25, 0.3) is 0 Å². The number of pyridine rings is 1. The molecule has 10 aromatic rings. The van der Waals surface area contributed by atoms with Crippen LogP contribution < -0.4 is 45.6 Å². The molecular weight excluding hydrogens is 880 g/mol. The molecule has 72 heavy (non-hydrogen) atoms. The van der Waals surface area contributed by atoms with E-state index in [0.717, 1.165) is 74.1 Å². The average Bonchev–Trinajstić information content (AvgIpc) is 3.82. The Morgan fingerprint density at radius 3 is 1.53 bits per heavy atom. The molecule has 0 saturated heterocycles. The minimum atomic E-state index is 0.00394. The predicted molar refractivity (Wildman–Crippen MR) is 300 cm³/mol.